The second kappa shape index (κ2) is 6.87. The number of hydrogen-bond acceptors (Lipinski definition) is 5. The maximum Gasteiger partial charge on any atom is 0.182 e. The number of hydrogen-bond donors (Lipinski definition) is 1. The van der Waals surface area contributed by atoms with Gasteiger partial charge in [0.15, 0.2) is 5.13 Å². The largest absolute Gasteiger partial charge is 0.362 e. The summed E-state index contributed by atoms with van der Waals surface area (Å²) in [7, 11) is 0. The van der Waals surface area contributed by atoms with Gasteiger partial charge in [-0.05, 0) is 27.2 Å². The Balaban J connectivity index is 1.79. The number of thiazole rings is 1. The van der Waals surface area contributed by atoms with Gasteiger partial charge >= 0.3 is 0 Å². The topological polar surface area (TPSA) is 31.4 Å². The van der Waals surface area contributed by atoms with Gasteiger partial charge in [-0.15, -0.1) is 11.3 Å². The molecule has 0 unspecified atom stereocenters. The fraction of sp³-hybridized carbons (Fsp3) is 0.800. The first-order chi connectivity index (χ1) is 9.49. The Labute approximate surface area is 127 Å². The van der Waals surface area contributed by atoms with Gasteiger partial charge in [-0.3, -0.25) is 9.80 Å². The van der Waals surface area contributed by atoms with E-state index in [9.17, 15) is 0 Å². The van der Waals surface area contributed by atoms with E-state index in [-0.39, 0.29) is 0 Å². The van der Waals surface area contributed by atoms with Crippen LogP contribution in [0.4, 0.5) is 5.13 Å². The van der Waals surface area contributed by atoms with Crippen molar-refractivity contribution >= 4 is 16.5 Å². The van der Waals surface area contributed by atoms with Gasteiger partial charge < -0.3 is 5.32 Å². The summed E-state index contributed by atoms with van der Waals surface area (Å²) in [4.78, 5) is 10.9. The van der Waals surface area contributed by atoms with Crippen LogP contribution in [0.25, 0.3) is 0 Å². The molecule has 1 aromatic rings. The van der Waals surface area contributed by atoms with Crippen molar-refractivity contribution in [3.05, 3.63) is 11.1 Å². The quantitative estimate of drug-likeness (QED) is 0.905. The third-order valence-corrected chi connectivity index (χ3v) is 4.72. The predicted molar refractivity (Wildman–Crippen MR) is 87.5 cm³/mol. The third kappa shape index (κ3) is 4.43. The maximum atomic E-state index is 4.44. The van der Waals surface area contributed by atoms with Gasteiger partial charge in [0.05, 0.1) is 0 Å². The smallest absolute Gasteiger partial charge is 0.182 e. The van der Waals surface area contributed by atoms with Crippen molar-refractivity contribution in [2.75, 3.05) is 38.0 Å². The van der Waals surface area contributed by atoms with E-state index in [4.69, 9.17) is 0 Å². The lowest BCUT2D eigenvalue weighted by molar-refractivity contribution is 0.0595. The summed E-state index contributed by atoms with van der Waals surface area (Å²) < 4.78 is 0. The van der Waals surface area contributed by atoms with Crippen molar-refractivity contribution < 1.29 is 0 Å². The molecule has 114 valence electrons. The Morgan fingerprint density at radius 3 is 2.55 bits per heavy atom. The molecule has 1 fully saturated rings. The molecule has 1 N–H and O–H groups in total. The zero-order chi connectivity index (χ0) is 14.6. The first kappa shape index (κ1) is 15.7. The average Bonchev–Trinajstić information content (AvgIpc) is 2.83. The molecule has 0 radical (unpaired) electrons. The molecular weight excluding hydrogens is 268 g/mol. The van der Waals surface area contributed by atoms with Crippen molar-refractivity contribution in [3.63, 3.8) is 0 Å². The highest BCUT2D eigenvalue weighted by molar-refractivity contribution is 7.15. The summed E-state index contributed by atoms with van der Waals surface area (Å²) in [5, 5.41) is 4.42. The molecule has 2 heterocycles. The fourth-order valence-electron chi connectivity index (χ4n) is 2.49. The number of rotatable bonds is 5. The second-order valence-corrected chi connectivity index (χ2v) is 7.61. The Hall–Kier alpha value is -0.650. The van der Waals surface area contributed by atoms with Gasteiger partial charge in [0.25, 0.3) is 0 Å². The summed E-state index contributed by atoms with van der Waals surface area (Å²) in [5.41, 5.74) is 0.299. The molecule has 0 aliphatic carbocycles. The summed E-state index contributed by atoms with van der Waals surface area (Å²) in [6, 6.07) is 0. The molecular formula is C15H28N4S. The van der Waals surface area contributed by atoms with Crippen LogP contribution in [0.1, 0.15) is 39.0 Å². The molecule has 1 aliphatic heterocycles. The maximum absolute atomic E-state index is 4.44. The Morgan fingerprint density at radius 1 is 1.25 bits per heavy atom. The minimum absolute atomic E-state index is 0.299. The molecule has 0 atom stereocenters. The zero-order valence-electron chi connectivity index (χ0n) is 13.3. The van der Waals surface area contributed by atoms with Gasteiger partial charge in [0, 0.05) is 55.9 Å². The molecule has 1 saturated heterocycles. The van der Waals surface area contributed by atoms with E-state index in [2.05, 4.69) is 47.8 Å². The first-order valence-electron chi connectivity index (χ1n) is 7.65. The van der Waals surface area contributed by atoms with Gasteiger partial charge in [-0.1, -0.05) is 6.92 Å². The van der Waals surface area contributed by atoms with E-state index in [0.29, 0.717) is 5.54 Å². The number of anilines is 1. The van der Waals surface area contributed by atoms with Crippen molar-refractivity contribution in [2.45, 2.75) is 46.2 Å². The molecule has 20 heavy (non-hydrogen) atoms. The van der Waals surface area contributed by atoms with Crippen LogP contribution in [-0.4, -0.2) is 53.0 Å². The predicted octanol–water partition coefficient (Wildman–Crippen LogP) is 2.88. The van der Waals surface area contributed by atoms with Crippen molar-refractivity contribution in [1.82, 2.24) is 14.8 Å². The zero-order valence-corrected chi connectivity index (χ0v) is 14.1. The minimum Gasteiger partial charge on any atom is -0.362 e. The minimum atomic E-state index is 0.299. The lowest BCUT2D eigenvalue weighted by Gasteiger charge is -2.42. The molecule has 0 aromatic carbocycles. The molecule has 4 nitrogen and oxygen atoms in total. The van der Waals surface area contributed by atoms with Crippen LogP contribution in [0.5, 0.6) is 0 Å². The van der Waals surface area contributed by atoms with E-state index in [0.717, 1.165) is 37.7 Å². The Morgan fingerprint density at radius 2 is 1.95 bits per heavy atom. The highest BCUT2D eigenvalue weighted by Crippen LogP contribution is 2.21. The van der Waals surface area contributed by atoms with E-state index in [1.807, 2.05) is 6.20 Å². The third-order valence-electron chi connectivity index (χ3n) is 3.78. The number of nitrogens with zero attached hydrogens (tertiary/aromatic N) is 3. The molecule has 5 heteroatoms. The van der Waals surface area contributed by atoms with Crippen LogP contribution in [0.2, 0.25) is 0 Å². The van der Waals surface area contributed by atoms with Crippen molar-refractivity contribution in [3.8, 4) is 0 Å². The SMILES string of the molecule is CCCNc1ncc(CN2CCN(C(C)(C)C)CC2)s1. The molecule has 0 saturated carbocycles. The van der Waals surface area contributed by atoms with Crippen LogP contribution < -0.4 is 5.32 Å². The number of aromatic nitrogens is 1. The standard InChI is InChI=1S/C15H28N4S/c1-5-6-16-14-17-11-13(20-14)12-18-7-9-19(10-8-18)15(2,3)4/h11H,5-10,12H2,1-4H3,(H,16,17). The molecule has 1 aliphatic rings. The normalized spacial score (nSPS) is 18.4. The molecule has 1 aromatic heterocycles. The van der Waals surface area contributed by atoms with Crippen LogP contribution in [0, 0.1) is 0 Å². The van der Waals surface area contributed by atoms with E-state index in [1.54, 1.807) is 11.3 Å². The van der Waals surface area contributed by atoms with Crippen molar-refractivity contribution in [1.29, 1.82) is 0 Å². The van der Waals surface area contributed by atoms with Crippen molar-refractivity contribution in [2.24, 2.45) is 0 Å². The summed E-state index contributed by atoms with van der Waals surface area (Å²) in [5.74, 6) is 0. The Kier molecular flexibility index (Phi) is 5.41. The van der Waals surface area contributed by atoms with Gasteiger partial charge in [-0.2, -0.15) is 0 Å². The number of piperazine rings is 1. The highest BCUT2D eigenvalue weighted by Gasteiger charge is 2.25. The van der Waals surface area contributed by atoms with Gasteiger partial charge in [0.1, 0.15) is 0 Å². The monoisotopic (exact) mass is 296 g/mol. The van der Waals surface area contributed by atoms with Gasteiger partial charge in [0.2, 0.25) is 0 Å². The summed E-state index contributed by atoms with van der Waals surface area (Å²) >= 11 is 1.80. The Bertz CT molecular complexity index is 402. The molecule has 0 bridgehead atoms. The second-order valence-electron chi connectivity index (χ2n) is 6.49. The molecule has 0 spiro atoms. The van der Waals surface area contributed by atoms with E-state index >= 15 is 0 Å². The fourth-order valence-corrected chi connectivity index (χ4v) is 3.37. The van der Waals surface area contributed by atoms with Crippen LogP contribution in [-0.2, 0) is 6.54 Å². The lowest BCUT2D eigenvalue weighted by atomic mass is 10.1. The lowest BCUT2D eigenvalue weighted by Crippen LogP contribution is -2.53. The average molecular weight is 296 g/mol. The van der Waals surface area contributed by atoms with E-state index < -0.39 is 0 Å². The van der Waals surface area contributed by atoms with Crippen LogP contribution >= 0.6 is 11.3 Å². The number of nitrogens with one attached hydrogen (secondary N) is 1. The summed E-state index contributed by atoms with van der Waals surface area (Å²) in [6.45, 7) is 15.8. The molecule has 0 amide bonds. The first-order valence-corrected chi connectivity index (χ1v) is 8.46. The summed E-state index contributed by atoms with van der Waals surface area (Å²) in [6.07, 6.45) is 3.17. The van der Waals surface area contributed by atoms with Crippen LogP contribution in [0.3, 0.4) is 0 Å². The molecule has 2 rings (SSSR count). The van der Waals surface area contributed by atoms with E-state index in [1.165, 1.54) is 18.0 Å². The highest BCUT2D eigenvalue weighted by atomic mass is 32.1. The van der Waals surface area contributed by atoms with Crippen LogP contribution in [0.15, 0.2) is 6.20 Å². The van der Waals surface area contributed by atoms with Gasteiger partial charge in [-0.25, -0.2) is 4.98 Å².